The van der Waals surface area contributed by atoms with Crippen LogP contribution in [0.25, 0.3) is 21.6 Å². The molecular weight excluding hydrogens is 409 g/mol. The van der Waals surface area contributed by atoms with Crippen LogP contribution in [0.15, 0.2) is 53.6 Å². The van der Waals surface area contributed by atoms with Gasteiger partial charge in [-0.05, 0) is 42.3 Å². The summed E-state index contributed by atoms with van der Waals surface area (Å²) in [4.78, 5) is 22.6. The number of carbonyl (C=O) groups is 1. The van der Waals surface area contributed by atoms with E-state index in [1.54, 1.807) is 23.1 Å². The van der Waals surface area contributed by atoms with Crippen molar-refractivity contribution in [2.24, 2.45) is 5.11 Å². The highest BCUT2D eigenvalue weighted by atomic mass is 35.5. The highest BCUT2D eigenvalue weighted by molar-refractivity contribution is 6.36. The molecule has 0 saturated heterocycles. The van der Waals surface area contributed by atoms with Crippen molar-refractivity contribution in [1.29, 1.82) is 0 Å². The van der Waals surface area contributed by atoms with Crippen molar-refractivity contribution in [3.8, 4) is 11.1 Å². The number of anilines is 1. The van der Waals surface area contributed by atoms with Crippen LogP contribution in [0.2, 0.25) is 10.0 Å². The van der Waals surface area contributed by atoms with Gasteiger partial charge in [-0.15, -0.1) is 0 Å². The zero-order chi connectivity index (χ0) is 20.5. The van der Waals surface area contributed by atoms with Crippen LogP contribution in [0.1, 0.15) is 27.3 Å². The summed E-state index contributed by atoms with van der Waals surface area (Å²) in [5, 5.41) is 4.62. The number of rotatable bonds is 4. The van der Waals surface area contributed by atoms with Crippen LogP contribution in [-0.4, -0.2) is 10.9 Å². The molecule has 0 fully saturated rings. The van der Waals surface area contributed by atoms with Crippen LogP contribution in [0.3, 0.4) is 0 Å². The number of carbonyl (C=O) groups excluding carboxylic acids is 1. The van der Waals surface area contributed by atoms with E-state index in [2.05, 4.69) is 15.0 Å². The Balaban J connectivity index is 1.97. The summed E-state index contributed by atoms with van der Waals surface area (Å²) in [5.74, 6) is -0.165. The highest BCUT2D eigenvalue weighted by Gasteiger charge is 2.35. The van der Waals surface area contributed by atoms with Gasteiger partial charge < -0.3 is 4.90 Å². The smallest absolute Gasteiger partial charge is 0.261 e. The van der Waals surface area contributed by atoms with Gasteiger partial charge in [-0.25, -0.2) is 0 Å². The first kappa shape index (κ1) is 19.3. The van der Waals surface area contributed by atoms with E-state index in [1.807, 2.05) is 37.3 Å². The van der Waals surface area contributed by atoms with Crippen LogP contribution < -0.4 is 4.90 Å². The van der Waals surface area contributed by atoms with Gasteiger partial charge in [0.25, 0.3) is 5.91 Å². The molecular formula is C21H15Cl2N5O. The molecule has 2 aromatic carbocycles. The lowest BCUT2D eigenvalue weighted by Crippen LogP contribution is -2.23. The number of aryl methyl sites for hydroxylation is 1. The molecule has 1 amide bonds. The largest absolute Gasteiger partial charge is 0.302 e. The summed E-state index contributed by atoms with van der Waals surface area (Å²) < 4.78 is 0. The number of aromatic nitrogens is 1. The van der Waals surface area contributed by atoms with Gasteiger partial charge in [0.05, 0.1) is 24.3 Å². The van der Waals surface area contributed by atoms with E-state index in [0.29, 0.717) is 50.2 Å². The van der Waals surface area contributed by atoms with E-state index in [1.165, 1.54) is 0 Å². The molecule has 0 unspecified atom stereocenters. The van der Waals surface area contributed by atoms with Crippen molar-refractivity contribution < 1.29 is 4.79 Å². The van der Waals surface area contributed by atoms with Crippen molar-refractivity contribution in [3.05, 3.63) is 91.5 Å². The zero-order valence-corrected chi connectivity index (χ0v) is 16.9. The molecule has 1 aromatic heterocycles. The summed E-state index contributed by atoms with van der Waals surface area (Å²) in [6.07, 6.45) is 0. The number of benzene rings is 2. The zero-order valence-electron chi connectivity index (χ0n) is 15.4. The first-order valence-electron chi connectivity index (χ1n) is 8.86. The molecule has 29 heavy (non-hydrogen) atoms. The Morgan fingerprint density at radius 2 is 1.93 bits per heavy atom. The fourth-order valence-electron chi connectivity index (χ4n) is 3.60. The minimum Gasteiger partial charge on any atom is -0.302 e. The van der Waals surface area contributed by atoms with E-state index in [0.717, 1.165) is 5.69 Å². The van der Waals surface area contributed by atoms with E-state index in [9.17, 15) is 4.79 Å². The molecule has 0 radical (unpaired) electrons. The lowest BCUT2D eigenvalue weighted by molar-refractivity contribution is 0.0997. The van der Waals surface area contributed by atoms with Gasteiger partial charge in [0, 0.05) is 37.5 Å². The monoisotopic (exact) mass is 423 g/mol. The first-order chi connectivity index (χ1) is 14.0. The molecule has 144 valence electrons. The summed E-state index contributed by atoms with van der Waals surface area (Å²) >= 11 is 12.6. The molecule has 0 aliphatic carbocycles. The van der Waals surface area contributed by atoms with Gasteiger partial charge in [-0.3, -0.25) is 9.78 Å². The van der Waals surface area contributed by atoms with Crippen molar-refractivity contribution in [1.82, 2.24) is 4.98 Å². The quantitative estimate of drug-likeness (QED) is 0.278. The number of amides is 1. The molecule has 1 aliphatic rings. The lowest BCUT2D eigenvalue weighted by atomic mass is 9.93. The van der Waals surface area contributed by atoms with E-state index in [-0.39, 0.29) is 12.5 Å². The topological polar surface area (TPSA) is 82.0 Å². The Labute approximate surface area is 177 Å². The number of nitrogens with zero attached hydrogens (tertiary/aromatic N) is 5. The summed E-state index contributed by atoms with van der Waals surface area (Å²) in [7, 11) is 0. The fourth-order valence-corrected chi connectivity index (χ4v) is 4.11. The molecule has 2 heterocycles. The number of halogens is 2. The van der Waals surface area contributed by atoms with Gasteiger partial charge in [0.1, 0.15) is 0 Å². The number of azide groups is 1. The van der Waals surface area contributed by atoms with Crippen molar-refractivity contribution in [3.63, 3.8) is 0 Å². The Morgan fingerprint density at radius 1 is 1.17 bits per heavy atom. The van der Waals surface area contributed by atoms with Crippen LogP contribution in [0, 0.1) is 6.92 Å². The van der Waals surface area contributed by atoms with E-state index < -0.39 is 0 Å². The van der Waals surface area contributed by atoms with Crippen molar-refractivity contribution in [2.45, 2.75) is 20.0 Å². The Kier molecular flexibility index (Phi) is 5.16. The third-order valence-corrected chi connectivity index (χ3v) is 5.45. The van der Waals surface area contributed by atoms with Gasteiger partial charge in [0.2, 0.25) is 0 Å². The Morgan fingerprint density at radius 3 is 2.62 bits per heavy atom. The molecule has 4 rings (SSSR count). The minimum absolute atomic E-state index is 0.0650. The maximum absolute atomic E-state index is 13.4. The Bertz CT molecular complexity index is 1170. The molecule has 1 aliphatic heterocycles. The summed E-state index contributed by atoms with van der Waals surface area (Å²) in [5.41, 5.74) is 13.4. The van der Waals surface area contributed by atoms with Gasteiger partial charge in [-0.2, -0.15) is 0 Å². The molecule has 0 spiro atoms. The third-order valence-electron chi connectivity index (χ3n) is 4.91. The number of hydrogen-bond donors (Lipinski definition) is 0. The second-order valence-electron chi connectivity index (χ2n) is 6.61. The molecule has 0 bridgehead atoms. The highest BCUT2D eigenvalue weighted by Crippen LogP contribution is 2.41. The van der Waals surface area contributed by atoms with Gasteiger partial charge >= 0.3 is 0 Å². The third kappa shape index (κ3) is 3.42. The van der Waals surface area contributed by atoms with Crippen molar-refractivity contribution >= 4 is 34.8 Å². The maximum atomic E-state index is 13.4. The number of para-hydroxylation sites is 1. The molecule has 6 nitrogen and oxygen atoms in total. The minimum atomic E-state index is -0.165. The Hall–Kier alpha value is -3.05. The average Bonchev–Trinajstić information content (AvgIpc) is 3.03. The molecule has 0 N–H and O–H groups in total. The molecule has 3 aromatic rings. The van der Waals surface area contributed by atoms with Crippen LogP contribution >= 0.6 is 23.2 Å². The van der Waals surface area contributed by atoms with Crippen molar-refractivity contribution in [2.75, 3.05) is 4.90 Å². The summed E-state index contributed by atoms with van der Waals surface area (Å²) in [6.45, 7) is 2.26. The molecule has 8 heteroatoms. The second kappa shape index (κ2) is 7.76. The van der Waals surface area contributed by atoms with Gasteiger partial charge in [0.15, 0.2) is 0 Å². The molecule has 0 saturated carbocycles. The van der Waals surface area contributed by atoms with E-state index in [4.69, 9.17) is 28.7 Å². The summed E-state index contributed by atoms with van der Waals surface area (Å²) in [6, 6.07) is 14.6. The lowest BCUT2D eigenvalue weighted by Gasteiger charge is -2.17. The first-order valence-corrected chi connectivity index (χ1v) is 9.62. The SMILES string of the molecule is Cc1nc2c(c(-c3ccc(Cl)cc3Cl)c1CN=[N+]=[N-])C(=O)N(c1ccccc1)C2. The predicted octanol–water partition coefficient (Wildman–Crippen LogP) is 6.33. The van der Waals surface area contributed by atoms with Crippen LogP contribution in [0.5, 0.6) is 0 Å². The van der Waals surface area contributed by atoms with Crippen LogP contribution in [0.4, 0.5) is 5.69 Å². The van der Waals surface area contributed by atoms with Crippen LogP contribution in [-0.2, 0) is 13.1 Å². The number of fused-ring (bicyclic) bond motifs is 1. The number of pyridine rings is 1. The molecule has 0 atom stereocenters. The number of hydrogen-bond acceptors (Lipinski definition) is 3. The normalized spacial score (nSPS) is 12.7. The second-order valence-corrected chi connectivity index (χ2v) is 7.46. The predicted molar refractivity (Wildman–Crippen MR) is 114 cm³/mol. The fraction of sp³-hybridized carbons (Fsp3) is 0.143. The maximum Gasteiger partial charge on any atom is 0.261 e. The van der Waals surface area contributed by atoms with E-state index >= 15 is 0 Å². The standard InChI is InChI=1S/C21H15Cl2N5O/c1-12-16(10-25-27-24)19(15-8-7-13(22)9-17(15)23)20-18(26-12)11-28(21(20)29)14-5-3-2-4-6-14/h2-9H,10-11H2,1H3. The van der Waals surface area contributed by atoms with Gasteiger partial charge in [-0.1, -0.05) is 52.6 Å². The average molecular weight is 424 g/mol.